The molecule has 0 aromatic heterocycles. The second kappa shape index (κ2) is 16.0. The molecule has 0 fully saturated rings. The van der Waals surface area contributed by atoms with Gasteiger partial charge in [-0.05, 0) is 47.7 Å². The van der Waals surface area contributed by atoms with E-state index in [4.69, 9.17) is 22.9 Å². The Morgan fingerprint density at radius 3 is 1.67 bits per heavy atom. The summed E-state index contributed by atoms with van der Waals surface area (Å²) in [7, 11) is 0. The first-order valence-corrected chi connectivity index (χ1v) is 13.3. The SMILES string of the molecule is CC(C)C[C@H](NC(=O)[C@H](Cc1ccc(N=C(N)N)cc1)NC(=O)[C@H](Cc1ccc(F)cc1)NC(=O)[C@@H](N)CO)C(N)=O. The van der Waals surface area contributed by atoms with Crippen molar-refractivity contribution in [2.24, 2.45) is 33.8 Å². The van der Waals surface area contributed by atoms with Crippen LogP contribution in [0.1, 0.15) is 31.4 Å². The van der Waals surface area contributed by atoms with Crippen LogP contribution in [0.5, 0.6) is 0 Å². The van der Waals surface area contributed by atoms with Gasteiger partial charge in [-0.2, -0.15) is 0 Å². The first kappa shape index (κ1) is 33.6. The molecule has 0 aliphatic rings. The van der Waals surface area contributed by atoms with E-state index < -0.39 is 60.2 Å². The lowest BCUT2D eigenvalue weighted by Gasteiger charge is -2.26. The molecule has 2 aromatic rings. The fourth-order valence-corrected chi connectivity index (χ4v) is 3.99. The number of hydrogen-bond acceptors (Lipinski definition) is 7. The number of hydrogen-bond donors (Lipinski definition) is 8. The molecular formula is C28H39FN8O5. The number of carbonyl (C=O) groups is 4. The van der Waals surface area contributed by atoms with Crippen molar-refractivity contribution in [2.75, 3.05) is 6.61 Å². The Kier molecular flexibility index (Phi) is 12.8. The van der Waals surface area contributed by atoms with Crippen LogP contribution >= 0.6 is 0 Å². The van der Waals surface area contributed by atoms with Gasteiger partial charge in [0.05, 0.1) is 12.3 Å². The van der Waals surface area contributed by atoms with E-state index in [1.165, 1.54) is 24.3 Å². The lowest BCUT2D eigenvalue weighted by atomic mass is 10.00. The number of halogens is 1. The smallest absolute Gasteiger partial charge is 0.243 e. The van der Waals surface area contributed by atoms with Crippen LogP contribution < -0.4 is 38.9 Å². The van der Waals surface area contributed by atoms with E-state index in [2.05, 4.69) is 20.9 Å². The number of rotatable bonds is 15. The Bertz CT molecular complexity index is 1250. The minimum atomic E-state index is -1.30. The summed E-state index contributed by atoms with van der Waals surface area (Å²) in [4.78, 5) is 55.4. The summed E-state index contributed by atoms with van der Waals surface area (Å²) in [5.41, 5.74) is 23.5. The molecule has 0 radical (unpaired) electrons. The van der Waals surface area contributed by atoms with Crippen LogP contribution in [-0.4, -0.2) is 65.5 Å². The van der Waals surface area contributed by atoms with Gasteiger partial charge in [-0.3, -0.25) is 19.2 Å². The third-order valence-electron chi connectivity index (χ3n) is 6.15. The monoisotopic (exact) mass is 586 g/mol. The fourth-order valence-electron chi connectivity index (χ4n) is 3.99. The van der Waals surface area contributed by atoms with E-state index in [9.17, 15) is 28.7 Å². The van der Waals surface area contributed by atoms with Crippen molar-refractivity contribution >= 4 is 35.3 Å². The zero-order valence-electron chi connectivity index (χ0n) is 23.5. The van der Waals surface area contributed by atoms with Gasteiger partial charge in [0.25, 0.3) is 0 Å². The van der Waals surface area contributed by atoms with Gasteiger partial charge in [0, 0.05) is 12.8 Å². The van der Waals surface area contributed by atoms with E-state index in [0.29, 0.717) is 16.8 Å². The van der Waals surface area contributed by atoms with Crippen LogP contribution in [0.25, 0.3) is 0 Å². The number of amides is 4. The van der Waals surface area contributed by atoms with Crippen LogP contribution in [0, 0.1) is 11.7 Å². The molecule has 4 atom stereocenters. The van der Waals surface area contributed by atoms with E-state index in [1.807, 2.05) is 13.8 Å². The van der Waals surface area contributed by atoms with Gasteiger partial charge in [0.1, 0.15) is 30.0 Å². The topological polar surface area (TPSA) is 241 Å². The maximum atomic E-state index is 13.5. The molecule has 0 saturated heterocycles. The number of benzene rings is 2. The van der Waals surface area contributed by atoms with Crippen LogP contribution in [0.4, 0.5) is 10.1 Å². The lowest BCUT2D eigenvalue weighted by molar-refractivity contribution is -0.133. The third kappa shape index (κ3) is 11.1. The summed E-state index contributed by atoms with van der Waals surface area (Å²) in [6.45, 7) is 3.06. The number of guanidine groups is 1. The summed E-state index contributed by atoms with van der Waals surface area (Å²) in [6, 6.07) is 7.09. The third-order valence-corrected chi connectivity index (χ3v) is 6.15. The summed E-state index contributed by atoms with van der Waals surface area (Å²) in [5, 5.41) is 17.0. The maximum Gasteiger partial charge on any atom is 0.243 e. The highest BCUT2D eigenvalue weighted by atomic mass is 19.1. The fraction of sp³-hybridized carbons (Fsp3) is 0.393. The van der Waals surface area contributed by atoms with Crippen molar-refractivity contribution in [2.45, 2.75) is 57.3 Å². The quantitative estimate of drug-likeness (QED) is 0.0931. The first-order valence-electron chi connectivity index (χ1n) is 13.3. The minimum absolute atomic E-state index is 0.0137. The highest BCUT2D eigenvalue weighted by molar-refractivity contribution is 5.95. The van der Waals surface area contributed by atoms with E-state index in [-0.39, 0.29) is 31.1 Å². The van der Waals surface area contributed by atoms with E-state index >= 15 is 0 Å². The van der Waals surface area contributed by atoms with Gasteiger partial charge in [-0.25, -0.2) is 9.38 Å². The van der Waals surface area contributed by atoms with E-state index in [1.54, 1.807) is 24.3 Å². The molecule has 0 saturated carbocycles. The summed E-state index contributed by atoms with van der Waals surface area (Å²) < 4.78 is 13.4. The van der Waals surface area contributed by atoms with Gasteiger partial charge >= 0.3 is 0 Å². The molecule has 42 heavy (non-hydrogen) atoms. The molecule has 0 aliphatic carbocycles. The Hall–Kier alpha value is -4.56. The molecule has 13 nitrogen and oxygen atoms in total. The molecule has 0 spiro atoms. The van der Waals surface area contributed by atoms with Gasteiger partial charge in [0.2, 0.25) is 23.6 Å². The molecule has 2 rings (SSSR count). The molecule has 12 N–H and O–H groups in total. The van der Waals surface area contributed by atoms with Crippen LogP contribution in [0.3, 0.4) is 0 Å². The minimum Gasteiger partial charge on any atom is -0.394 e. The lowest BCUT2D eigenvalue weighted by Crippen LogP contribution is -2.58. The number of aliphatic hydroxyl groups is 1. The van der Waals surface area contributed by atoms with Crippen molar-refractivity contribution in [3.63, 3.8) is 0 Å². The zero-order chi connectivity index (χ0) is 31.4. The van der Waals surface area contributed by atoms with Gasteiger partial charge in [-0.1, -0.05) is 38.1 Å². The molecule has 228 valence electrons. The number of primary amides is 1. The first-order chi connectivity index (χ1) is 19.8. The zero-order valence-corrected chi connectivity index (χ0v) is 23.5. The Morgan fingerprint density at radius 1 is 0.786 bits per heavy atom. The van der Waals surface area contributed by atoms with Crippen molar-refractivity contribution in [3.8, 4) is 0 Å². The highest BCUT2D eigenvalue weighted by Gasteiger charge is 2.30. The average molecular weight is 587 g/mol. The van der Waals surface area contributed by atoms with Crippen LogP contribution in [-0.2, 0) is 32.0 Å². The molecular weight excluding hydrogens is 547 g/mol. The number of nitrogens with one attached hydrogen (secondary N) is 3. The number of aliphatic imine (C=N–C) groups is 1. The molecule has 2 aromatic carbocycles. The molecule has 4 amide bonds. The predicted molar refractivity (Wildman–Crippen MR) is 155 cm³/mol. The summed E-state index contributed by atoms with van der Waals surface area (Å²) in [5.74, 6) is -3.56. The Balaban J connectivity index is 2.37. The standard InChI is InChI=1S/C28H39FN8O5/c1-15(2)11-21(24(31)39)35-26(41)23(13-17-5-9-19(10-6-17)34-28(32)33)37-27(42)22(36-25(40)20(30)14-38)12-16-3-7-18(29)8-4-16/h3-10,15,20-23,38H,11-14,30H2,1-2H3,(H2,31,39)(H,35,41)(H,36,40)(H,37,42)(H4,32,33,34)/t20-,21-,22-,23-/m0/s1. The number of carbonyl (C=O) groups excluding carboxylic acids is 4. The second-order valence-corrected chi connectivity index (χ2v) is 10.2. The van der Waals surface area contributed by atoms with Gasteiger partial charge in [-0.15, -0.1) is 0 Å². The number of aliphatic hydroxyl groups excluding tert-OH is 1. The largest absolute Gasteiger partial charge is 0.394 e. The van der Waals surface area contributed by atoms with Crippen molar-refractivity contribution in [3.05, 3.63) is 65.5 Å². The number of nitrogens with zero attached hydrogens (tertiary/aromatic N) is 1. The van der Waals surface area contributed by atoms with Crippen molar-refractivity contribution in [1.82, 2.24) is 16.0 Å². The predicted octanol–water partition coefficient (Wildman–Crippen LogP) is -1.18. The number of nitrogens with two attached hydrogens (primary N) is 4. The van der Waals surface area contributed by atoms with Crippen LogP contribution in [0.15, 0.2) is 53.5 Å². The van der Waals surface area contributed by atoms with Crippen LogP contribution in [0.2, 0.25) is 0 Å². The highest BCUT2D eigenvalue weighted by Crippen LogP contribution is 2.15. The molecule has 0 unspecified atom stereocenters. The molecule has 0 aliphatic heterocycles. The molecule has 0 bridgehead atoms. The summed E-state index contributed by atoms with van der Waals surface area (Å²) >= 11 is 0. The van der Waals surface area contributed by atoms with Gasteiger partial charge in [0.15, 0.2) is 5.96 Å². The van der Waals surface area contributed by atoms with E-state index in [0.717, 1.165) is 0 Å². The van der Waals surface area contributed by atoms with Gasteiger partial charge < -0.3 is 44.0 Å². The summed E-state index contributed by atoms with van der Waals surface area (Å²) in [6.07, 6.45) is 0.187. The Morgan fingerprint density at radius 2 is 1.24 bits per heavy atom. The second-order valence-electron chi connectivity index (χ2n) is 10.2. The average Bonchev–Trinajstić information content (AvgIpc) is 2.92. The van der Waals surface area contributed by atoms with Crippen molar-refractivity contribution in [1.29, 1.82) is 0 Å². The maximum absolute atomic E-state index is 13.5. The van der Waals surface area contributed by atoms with Crippen molar-refractivity contribution < 1.29 is 28.7 Å². The Labute approximate surface area is 243 Å². The normalized spacial score (nSPS) is 13.8. The molecule has 0 heterocycles. The molecule has 14 heteroatoms.